The molecule has 3 rings (SSSR count). The van der Waals surface area contributed by atoms with Crippen molar-refractivity contribution in [1.29, 1.82) is 0 Å². The third-order valence-corrected chi connectivity index (χ3v) is 4.10. The van der Waals surface area contributed by atoms with Crippen molar-refractivity contribution >= 4 is 25.1 Å². The topological polar surface area (TPSA) is 168 Å². The Balaban J connectivity index is 0.00000156. The maximum atomic E-state index is 11.7. The van der Waals surface area contributed by atoms with Crippen LogP contribution in [-0.2, 0) is 4.74 Å². The van der Waals surface area contributed by atoms with Crippen molar-refractivity contribution in [2.45, 2.75) is 25.5 Å². The zero-order valence-electron chi connectivity index (χ0n) is 14.1. The summed E-state index contributed by atoms with van der Waals surface area (Å²) in [6.07, 6.45) is 2.54. The van der Waals surface area contributed by atoms with Crippen LogP contribution in [0.4, 0.5) is 5.95 Å². The Morgan fingerprint density at radius 3 is 2.72 bits per heavy atom. The average Bonchev–Trinajstić information content (AvgIpc) is 2.99. The third kappa shape index (κ3) is 5.33. The van der Waals surface area contributed by atoms with Crippen LogP contribution in [0.5, 0.6) is 5.88 Å². The van der Waals surface area contributed by atoms with Crippen LogP contribution in [0.15, 0.2) is 18.0 Å². The van der Waals surface area contributed by atoms with Gasteiger partial charge in [-0.05, 0) is 12.5 Å². The summed E-state index contributed by atoms with van der Waals surface area (Å²) in [5.74, 6) is -0.686. The van der Waals surface area contributed by atoms with Gasteiger partial charge in [0.15, 0.2) is 12.0 Å². The van der Waals surface area contributed by atoms with E-state index in [1.165, 1.54) is 6.33 Å². The van der Waals surface area contributed by atoms with Gasteiger partial charge in [0.2, 0.25) is 5.95 Å². The molecule has 0 aromatic carbocycles. The van der Waals surface area contributed by atoms with Crippen molar-refractivity contribution in [2.24, 2.45) is 0 Å². The van der Waals surface area contributed by atoms with E-state index in [1.807, 2.05) is 6.08 Å². The average molecular weight is 385 g/mol. The standard InChI is InChI=1S/C12H16N5O5P.2Na/c1-6-2-7(3-8(6)22-5-23(19,20)21)17-4-14-9-10(17)15-12(13)16-11(9)18;;/h2,4,7-8H,3,5H2,1H3,(H2,19,20,21)(H3,13,15,16,18);;/q;2*+1/p-2/t7-,8-;;/m1../s1. The molecule has 25 heavy (non-hydrogen) atoms. The minimum absolute atomic E-state index is 0. The van der Waals surface area contributed by atoms with Gasteiger partial charge in [-0.1, -0.05) is 6.08 Å². The Hall–Kier alpha value is 0.160. The number of hydrogen-bond donors (Lipinski definition) is 2. The second-order valence-electron chi connectivity index (χ2n) is 5.35. The Morgan fingerprint density at radius 1 is 1.40 bits per heavy atom. The van der Waals surface area contributed by atoms with E-state index < -0.39 is 26.3 Å². The molecule has 2 aromatic rings. The molecule has 2 heterocycles. The molecule has 0 fully saturated rings. The minimum atomic E-state index is -4.47. The number of allylic oxidation sites excluding steroid dienone is 1. The van der Waals surface area contributed by atoms with Gasteiger partial charge in [-0.15, -0.1) is 0 Å². The predicted octanol–water partition coefficient (Wildman–Crippen LogP) is -7.80. The smallest absolute Gasteiger partial charge is 0.857 e. The third-order valence-electron chi connectivity index (χ3n) is 3.62. The number of ether oxygens (including phenoxy) is 1. The van der Waals surface area contributed by atoms with Gasteiger partial charge in [0.25, 0.3) is 0 Å². The van der Waals surface area contributed by atoms with Crippen molar-refractivity contribution in [3.8, 4) is 5.88 Å². The predicted molar refractivity (Wildman–Crippen MR) is 75.5 cm³/mol. The molecule has 0 saturated heterocycles. The molecule has 1 aliphatic rings. The monoisotopic (exact) mass is 385 g/mol. The first-order valence-electron chi connectivity index (χ1n) is 6.74. The molecule has 2 aromatic heterocycles. The quantitative estimate of drug-likeness (QED) is 0.295. The molecule has 0 unspecified atom stereocenters. The number of anilines is 1. The van der Waals surface area contributed by atoms with Crippen molar-refractivity contribution < 1.29 is 83.6 Å². The van der Waals surface area contributed by atoms with Gasteiger partial charge in [-0.3, -0.25) is 4.89 Å². The van der Waals surface area contributed by atoms with Crippen molar-refractivity contribution in [1.82, 2.24) is 19.5 Å². The largest absolute Gasteiger partial charge is 1.00 e. The summed E-state index contributed by atoms with van der Waals surface area (Å²) in [6, 6.07) is -0.219. The van der Waals surface area contributed by atoms with E-state index in [0.717, 1.165) is 5.57 Å². The number of nitrogen functional groups attached to an aromatic ring is 1. The second kappa shape index (κ2) is 8.90. The molecule has 0 amide bonds. The molecule has 1 aliphatic carbocycles. The molecule has 2 atom stereocenters. The van der Waals surface area contributed by atoms with Crippen LogP contribution in [0.1, 0.15) is 19.4 Å². The number of imidazole rings is 1. The van der Waals surface area contributed by atoms with Gasteiger partial charge in [-0.2, -0.15) is 4.98 Å². The van der Waals surface area contributed by atoms with E-state index in [2.05, 4.69) is 15.0 Å². The van der Waals surface area contributed by atoms with E-state index >= 15 is 0 Å². The molecule has 10 nitrogen and oxygen atoms in total. The normalized spacial score (nSPS) is 20.1. The summed E-state index contributed by atoms with van der Waals surface area (Å²) in [7, 11) is -4.47. The fraction of sp³-hybridized carbons (Fsp3) is 0.417. The van der Waals surface area contributed by atoms with E-state index in [1.54, 1.807) is 11.5 Å². The van der Waals surface area contributed by atoms with E-state index in [9.17, 15) is 14.9 Å². The van der Waals surface area contributed by atoms with E-state index in [4.69, 9.17) is 15.4 Å². The molecule has 0 bridgehead atoms. The van der Waals surface area contributed by atoms with Gasteiger partial charge >= 0.3 is 59.1 Å². The van der Waals surface area contributed by atoms with Crippen LogP contribution in [-0.4, -0.2) is 36.9 Å². The van der Waals surface area contributed by atoms with Gasteiger partial charge in [-0.25, -0.2) is 9.97 Å². The van der Waals surface area contributed by atoms with Crippen LogP contribution in [0.2, 0.25) is 0 Å². The van der Waals surface area contributed by atoms with Gasteiger partial charge in [0, 0.05) is 12.3 Å². The zero-order valence-corrected chi connectivity index (χ0v) is 19.0. The minimum Gasteiger partial charge on any atom is -0.857 e. The molecule has 0 saturated carbocycles. The Morgan fingerprint density at radius 2 is 2.08 bits per heavy atom. The molecule has 124 valence electrons. The Labute approximate surface area is 188 Å². The number of fused-ring (bicyclic) bond motifs is 1. The number of nitrogens with zero attached hydrogens (tertiary/aromatic N) is 4. The van der Waals surface area contributed by atoms with Crippen molar-refractivity contribution in [3.05, 3.63) is 18.0 Å². The van der Waals surface area contributed by atoms with Crippen LogP contribution < -0.4 is 79.7 Å². The number of rotatable bonds is 4. The zero-order chi connectivity index (χ0) is 16.8. The fourth-order valence-corrected chi connectivity index (χ4v) is 2.98. The first-order chi connectivity index (χ1) is 10.7. The number of nitrogens with two attached hydrogens (primary N) is 1. The van der Waals surface area contributed by atoms with Gasteiger partial charge in [0.05, 0.1) is 26.4 Å². The van der Waals surface area contributed by atoms with Crippen LogP contribution in [0.25, 0.3) is 11.2 Å². The maximum Gasteiger partial charge on any atom is 1.00 e. The first-order valence-corrected chi connectivity index (χ1v) is 8.50. The molecular weight excluding hydrogens is 371 g/mol. The fourth-order valence-electron chi connectivity index (χ4n) is 2.61. The van der Waals surface area contributed by atoms with E-state index in [-0.39, 0.29) is 76.6 Å². The Kier molecular flexibility index (Phi) is 8.26. The van der Waals surface area contributed by atoms with Crippen LogP contribution in [0, 0.1) is 0 Å². The summed E-state index contributed by atoms with van der Waals surface area (Å²) in [5, 5.41) is 11.7. The van der Waals surface area contributed by atoms with Gasteiger partial charge < -0.3 is 29.9 Å². The number of hydrogen-bond acceptors (Lipinski definition) is 9. The SMILES string of the molecule is CC1=C[C@@H](n2cnc3c([O-])nc(N)nc32)C[C@H]1OC[P+]([O-])([O-])O.[Na+].[Na+]. The summed E-state index contributed by atoms with van der Waals surface area (Å²) in [6.45, 7) is 1.79. The molecule has 3 N–H and O–H groups in total. The molecule has 0 aliphatic heterocycles. The van der Waals surface area contributed by atoms with Crippen molar-refractivity contribution in [3.63, 3.8) is 0 Å². The maximum absolute atomic E-state index is 11.7. The summed E-state index contributed by atoms with van der Waals surface area (Å²) >= 11 is 0. The van der Waals surface area contributed by atoms with E-state index in [0.29, 0.717) is 12.1 Å². The van der Waals surface area contributed by atoms with Crippen LogP contribution in [0.3, 0.4) is 0 Å². The van der Waals surface area contributed by atoms with Crippen LogP contribution >= 0.6 is 7.94 Å². The molecule has 0 spiro atoms. The molecule has 0 radical (unpaired) electrons. The number of aromatic nitrogens is 4. The second-order valence-corrected chi connectivity index (χ2v) is 6.88. The Bertz CT molecular complexity index is 781. The molecule has 13 heteroatoms. The summed E-state index contributed by atoms with van der Waals surface area (Å²) in [4.78, 5) is 42.0. The summed E-state index contributed by atoms with van der Waals surface area (Å²) < 4.78 is 6.88. The first kappa shape index (κ1) is 23.2. The molecular formula is C12H14N5Na2O5P. The van der Waals surface area contributed by atoms with Crippen molar-refractivity contribution in [2.75, 3.05) is 12.1 Å². The summed E-state index contributed by atoms with van der Waals surface area (Å²) in [5.41, 5.74) is 6.75. The van der Waals surface area contributed by atoms with Gasteiger partial charge in [0.1, 0.15) is 5.52 Å².